The Morgan fingerprint density at radius 3 is 2.36 bits per heavy atom. The van der Waals surface area contributed by atoms with Crippen molar-refractivity contribution in [1.82, 2.24) is 0 Å². The molecule has 1 aromatic rings. The maximum Gasteiger partial charge on any atom is 0.412 e. The summed E-state index contributed by atoms with van der Waals surface area (Å²) in [5.41, 5.74) is 0.722. The summed E-state index contributed by atoms with van der Waals surface area (Å²) in [4.78, 5) is 12.5. The number of fused-ring (bicyclic) bond motifs is 1. The number of anilines is 1. The standard InChI is InChI=1S/C22H33NO4Si/c1-21(2,3)28(22(4,5)6)15-17-18(12-13-25-19(17)14-26-28)27-20(24)23-16-10-8-7-9-11-16/h7-13,17-19H,14-15H2,1-6H3,(H,23,24)/t17-,18+,19+/m0/s1. The van der Waals surface area contributed by atoms with Crippen molar-refractivity contribution in [1.29, 1.82) is 0 Å². The zero-order valence-corrected chi connectivity index (χ0v) is 18.8. The Balaban J connectivity index is 1.79. The van der Waals surface area contributed by atoms with Gasteiger partial charge in [0.05, 0.1) is 12.9 Å². The van der Waals surface area contributed by atoms with Crippen molar-refractivity contribution >= 4 is 20.1 Å². The van der Waals surface area contributed by atoms with Crippen molar-refractivity contribution in [3.05, 3.63) is 42.7 Å². The molecular weight excluding hydrogens is 370 g/mol. The average molecular weight is 404 g/mol. The van der Waals surface area contributed by atoms with Crippen molar-refractivity contribution < 1.29 is 18.7 Å². The SMILES string of the molecule is CC(C)(C)[Si]1(C(C)(C)C)C[C@H]2[C@H](OC(=O)Nc3ccccc3)C=CO[C@@H]2CO1. The second-order valence-electron chi connectivity index (χ2n) is 9.87. The molecular formula is C22H33NO4Si. The van der Waals surface area contributed by atoms with Gasteiger partial charge in [-0.2, -0.15) is 0 Å². The van der Waals surface area contributed by atoms with Crippen molar-refractivity contribution in [2.75, 3.05) is 11.9 Å². The smallest absolute Gasteiger partial charge is 0.412 e. The van der Waals surface area contributed by atoms with Crippen LogP contribution in [-0.2, 0) is 13.9 Å². The van der Waals surface area contributed by atoms with E-state index in [-0.39, 0.29) is 28.2 Å². The van der Waals surface area contributed by atoms with Gasteiger partial charge in [0.15, 0.2) is 0 Å². The van der Waals surface area contributed by atoms with E-state index in [1.807, 2.05) is 36.4 Å². The maximum absolute atomic E-state index is 12.5. The van der Waals surface area contributed by atoms with Gasteiger partial charge in [-0.05, 0) is 34.3 Å². The number of benzene rings is 1. The van der Waals surface area contributed by atoms with Gasteiger partial charge in [0.2, 0.25) is 8.32 Å². The van der Waals surface area contributed by atoms with Crippen LogP contribution in [0.25, 0.3) is 0 Å². The highest BCUT2D eigenvalue weighted by Gasteiger charge is 2.60. The van der Waals surface area contributed by atoms with Gasteiger partial charge in [-0.3, -0.25) is 5.32 Å². The molecule has 0 aromatic heterocycles. The van der Waals surface area contributed by atoms with Crippen LogP contribution in [0.4, 0.5) is 10.5 Å². The summed E-state index contributed by atoms with van der Waals surface area (Å²) >= 11 is 0. The number of para-hydroxylation sites is 1. The summed E-state index contributed by atoms with van der Waals surface area (Å²) in [5.74, 6) is 0.102. The molecule has 28 heavy (non-hydrogen) atoms. The van der Waals surface area contributed by atoms with Crippen LogP contribution in [0, 0.1) is 5.92 Å². The molecule has 0 bridgehead atoms. The molecule has 3 atom stereocenters. The lowest BCUT2D eigenvalue weighted by Gasteiger charge is -2.56. The van der Waals surface area contributed by atoms with Gasteiger partial charge in [0.25, 0.3) is 0 Å². The van der Waals surface area contributed by atoms with Gasteiger partial charge in [-0.15, -0.1) is 0 Å². The molecule has 154 valence electrons. The van der Waals surface area contributed by atoms with Crippen LogP contribution in [0.3, 0.4) is 0 Å². The fourth-order valence-electron chi connectivity index (χ4n) is 4.79. The predicted molar refractivity (Wildman–Crippen MR) is 114 cm³/mol. The Labute approximate surface area is 169 Å². The molecule has 0 spiro atoms. The quantitative estimate of drug-likeness (QED) is 0.643. The third kappa shape index (κ3) is 3.98. The van der Waals surface area contributed by atoms with E-state index in [2.05, 4.69) is 46.9 Å². The van der Waals surface area contributed by atoms with Gasteiger partial charge in [0, 0.05) is 11.6 Å². The van der Waals surface area contributed by atoms with Crippen LogP contribution in [0.15, 0.2) is 42.7 Å². The number of carbonyl (C=O) groups is 1. The topological polar surface area (TPSA) is 56.8 Å². The summed E-state index contributed by atoms with van der Waals surface area (Å²) in [6.45, 7) is 14.2. The van der Waals surface area contributed by atoms with Crippen LogP contribution in [0.5, 0.6) is 0 Å². The van der Waals surface area contributed by atoms with Crippen LogP contribution in [0.1, 0.15) is 41.5 Å². The van der Waals surface area contributed by atoms with E-state index in [1.54, 1.807) is 6.26 Å². The Morgan fingerprint density at radius 1 is 1.11 bits per heavy atom. The zero-order chi connectivity index (χ0) is 20.6. The first-order valence-corrected chi connectivity index (χ1v) is 12.1. The fraction of sp³-hybridized carbons (Fsp3) is 0.591. The van der Waals surface area contributed by atoms with Crippen molar-refractivity contribution in [3.63, 3.8) is 0 Å². The second-order valence-corrected chi connectivity index (χ2v) is 15.2. The maximum atomic E-state index is 12.5. The van der Waals surface area contributed by atoms with Gasteiger partial charge in [0.1, 0.15) is 12.2 Å². The molecule has 1 aromatic carbocycles. The van der Waals surface area contributed by atoms with Crippen LogP contribution >= 0.6 is 0 Å². The Kier molecular flexibility index (Phi) is 5.65. The number of carbonyl (C=O) groups excluding carboxylic acids is 1. The number of nitrogens with one attached hydrogen (secondary N) is 1. The highest BCUT2D eigenvalue weighted by molar-refractivity contribution is 6.79. The molecule has 1 N–H and O–H groups in total. The molecule has 0 radical (unpaired) electrons. The van der Waals surface area contributed by atoms with E-state index >= 15 is 0 Å². The molecule has 3 rings (SSSR count). The Morgan fingerprint density at radius 2 is 1.75 bits per heavy atom. The number of amides is 1. The highest BCUT2D eigenvalue weighted by Crippen LogP contribution is 2.57. The molecule has 2 aliphatic rings. The molecule has 5 nitrogen and oxygen atoms in total. The highest BCUT2D eigenvalue weighted by atomic mass is 28.4. The molecule has 0 aliphatic carbocycles. The van der Waals surface area contributed by atoms with Crippen molar-refractivity contribution in [2.45, 2.75) is 69.9 Å². The summed E-state index contributed by atoms with van der Waals surface area (Å²) < 4.78 is 18.3. The summed E-state index contributed by atoms with van der Waals surface area (Å²) in [6, 6.07) is 10.3. The van der Waals surface area contributed by atoms with E-state index in [4.69, 9.17) is 13.9 Å². The van der Waals surface area contributed by atoms with E-state index in [0.717, 1.165) is 11.7 Å². The monoisotopic (exact) mass is 403 g/mol. The molecule has 0 unspecified atom stereocenters. The van der Waals surface area contributed by atoms with Gasteiger partial charge < -0.3 is 13.9 Å². The molecule has 1 amide bonds. The van der Waals surface area contributed by atoms with Crippen LogP contribution < -0.4 is 5.32 Å². The van der Waals surface area contributed by atoms with Gasteiger partial charge >= 0.3 is 6.09 Å². The summed E-state index contributed by atoms with van der Waals surface area (Å²) in [6.07, 6.45) is 2.68. The lowest BCUT2D eigenvalue weighted by Crippen LogP contribution is -2.63. The van der Waals surface area contributed by atoms with E-state index < -0.39 is 14.4 Å². The number of ether oxygens (including phenoxy) is 2. The molecule has 2 aliphatic heterocycles. The third-order valence-corrected chi connectivity index (χ3v) is 12.7. The van der Waals surface area contributed by atoms with Crippen LogP contribution in [-0.4, -0.2) is 33.2 Å². The Hall–Kier alpha value is -1.79. The lowest BCUT2D eigenvalue weighted by atomic mass is 9.96. The van der Waals surface area contributed by atoms with E-state index in [1.165, 1.54) is 0 Å². The minimum absolute atomic E-state index is 0.0637. The minimum Gasteiger partial charge on any atom is -0.495 e. The first-order chi connectivity index (χ1) is 13.0. The molecule has 6 heteroatoms. The normalized spacial score (nSPS) is 26.7. The second kappa shape index (κ2) is 7.56. The predicted octanol–water partition coefficient (Wildman–Crippen LogP) is 5.71. The largest absolute Gasteiger partial charge is 0.495 e. The number of rotatable bonds is 2. The molecule has 0 saturated carbocycles. The van der Waals surface area contributed by atoms with Crippen molar-refractivity contribution in [3.8, 4) is 0 Å². The van der Waals surface area contributed by atoms with Gasteiger partial charge in [-0.25, -0.2) is 4.79 Å². The molecule has 1 fully saturated rings. The third-order valence-electron chi connectivity index (χ3n) is 6.12. The summed E-state index contributed by atoms with van der Waals surface area (Å²) in [5, 5.41) is 2.94. The first-order valence-electron chi connectivity index (χ1n) is 10.0. The van der Waals surface area contributed by atoms with E-state index in [9.17, 15) is 4.79 Å². The van der Waals surface area contributed by atoms with E-state index in [0.29, 0.717) is 6.61 Å². The number of hydrogen-bond acceptors (Lipinski definition) is 4. The minimum atomic E-state index is -2.19. The van der Waals surface area contributed by atoms with Crippen LogP contribution in [0.2, 0.25) is 16.1 Å². The lowest BCUT2D eigenvalue weighted by molar-refractivity contribution is -0.0398. The van der Waals surface area contributed by atoms with Gasteiger partial charge in [-0.1, -0.05) is 59.7 Å². The Bertz CT molecular complexity index is 706. The molecule has 2 heterocycles. The van der Waals surface area contributed by atoms with Crippen molar-refractivity contribution in [2.24, 2.45) is 5.92 Å². The summed E-state index contributed by atoms with van der Waals surface area (Å²) in [7, 11) is -2.19. The molecule has 1 saturated heterocycles. The first kappa shape index (κ1) is 20.9. The number of hydrogen-bond donors (Lipinski definition) is 1. The fourth-order valence-corrected chi connectivity index (χ4v) is 10.9. The zero-order valence-electron chi connectivity index (χ0n) is 17.8. The average Bonchev–Trinajstić information content (AvgIpc) is 2.60.